The minimum atomic E-state index is -5.73. The predicted octanol–water partition coefficient (Wildman–Crippen LogP) is 1.94. The zero-order valence-corrected chi connectivity index (χ0v) is 9.35. The first-order chi connectivity index (χ1) is 7.95. The fourth-order valence-electron chi connectivity index (χ4n) is 1.24. The summed E-state index contributed by atoms with van der Waals surface area (Å²) in [6.45, 7) is 0.944. The summed E-state index contributed by atoms with van der Waals surface area (Å²) in [5, 5.41) is 10.2. The van der Waals surface area contributed by atoms with Crippen LogP contribution in [0.2, 0.25) is 0 Å². The van der Waals surface area contributed by atoms with E-state index in [0.717, 1.165) is 6.92 Å². The van der Waals surface area contributed by atoms with Crippen LogP contribution < -0.4 is 5.32 Å². The Balaban J connectivity index is 4.67. The number of carboxylic acids is 1. The van der Waals surface area contributed by atoms with Crippen LogP contribution >= 0.6 is 0 Å². The lowest BCUT2D eigenvalue weighted by molar-refractivity contribution is -0.286. The summed E-state index contributed by atoms with van der Waals surface area (Å²) in [6, 6.07) is -1.55. The van der Waals surface area contributed by atoms with Gasteiger partial charge in [-0.3, -0.25) is 9.59 Å². The first kappa shape index (κ1) is 16.6. The number of carbonyl (C=O) groups is 2. The molecule has 1 unspecified atom stereocenters. The third-order valence-electron chi connectivity index (χ3n) is 2.03. The van der Waals surface area contributed by atoms with Gasteiger partial charge in [-0.2, -0.15) is 22.0 Å². The number of hydrogen-bond acceptors (Lipinski definition) is 2. The number of carbonyl (C=O) groups excluding carboxylic acids is 1. The molecule has 0 bridgehead atoms. The first-order valence-corrected chi connectivity index (χ1v) is 4.89. The molecule has 0 rings (SSSR count). The van der Waals surface area contributed by atoms with Crippen molar-refractivity contribution in [1.29, 1.82) is 0 Å². The molecule has 0 aliphatic heterocycles. The van der Waals surface area contributed by atoms with Gasteiger partial charge in [0.2, 0.25) is 5.91 Å². The van der Waals surface area contributed by atoms with Gasteiger partial charge in [-0.15, -0.1) is 0 Å². The molecular formula is C9H12F5NO3. The van der Waals surface area contributed by atoms with Crippen molar-refractivity contribution in [3.63, 3.8) is 0 Å². The largest absolute Gasteiger partial charge is 0.481 e. The van der Waals surface area contributed by atoms with Gasteiger partial charge in [-0.05, 0) is 6.42 Å². The van der Waals surface area contributed by atoms with Crippen LogP contribution in [0, 0.1) is 0 Å². The molecule has 0 fully saturated rings. The monoisotopic (exact) mass is 277 g/mol. The molecule has 106 valence electrons. The Bertz CT molecular complexity index is 316. The Hall–Kier alpha value is -1.41. The maximum atomic E-state index is 12.7. The number of aliphatic carboxylic acids is 1. The van der Waals surface area contributed by atoms with Gasteiger partial charge in [0.25, 0.3) is 0 Å². The third kappa shape index (κ3) is 5.78. The van der Waals surface area contributed by atoms with Crippen LogP contribution in [0.1, 0.15) is 26.2 Å². The van der Waals surface area contributed by atoms with E-state index < -0.39 is 49.3 Å². The standard InChI is InChI=1S/C9H12F5NO3/c1-5(16)15-6(2-3-7(17)18)4-8(10,11)9(12,13)14/h6H,2-4H2,1H3,(H,15,16)(H,17,18). The highest BCUT2D eigenvalue weighted by molar-refractivity contribution is 5.73. The molecular weight excluding hydrogens is 265 g/mol. The summed E-state index contributed by atoms with van der Waals surface area (Å²) in [5.74, 6) is -7.12. The van der Waals surface area contributed by atoms with E-state index in [-0.39, 0.29) is 0 Å². The van der Waals surface area contributed by atoms with Gasteiger partial charge < -0.3 is 10.4 Å². The molecule has 9 heteroatoms. The molecule has 0 saturated heterocycles. The van der Waals surface area contributed by atoms with Crippen molar-refractivity contribution >= 4 is 11.9 Å². The van der Waals surface area contributed by atoms with Crippen LogP contribution in [0.25, 0.3) is 0 Å². The fourth-order valence-corrected chi connectivity index (χ4v) is 1.24. The van der Waals surface area contributed by atoms with Gasteiger partial charge in [0.1, 0.15) is 0 Å². The Morgan fingerprint density at radius 3 is 2.06 bits per heavy atom. The average molecular weight is 277 g/mol. The van der Waals surface area contributed by atoms with Crippen LogP contribution in [0.15, 0.2) is 0 Å². The fraction of sp³-hybridized carbons (Fsp3) is 0.778. The lowest BCUT2D eigenvalue weighted by Crippen LogP contribution is -2.45. The smallest absolute Gasteiger partial charge is 0.453 e. The minimum Gasteiger partial charge on any atom is -0.481 e. The average Bonchev–Trinajstić information content (AvgIpc) is 2.10. The molecule has 0 saturated carbocycles. The second kappa shape index (κ2) is 5.96. The molecule has 0 heterocycles. The van der Waals surface area contributed by atoms with E-state index in [1.807, 2.05) is 5.32 Å². The topological polar surface area (TPSA) is 66.4 Å². The van der Waals surface area contributed by atoms with Gasteiger partial charge >= 0.3 is 18.1 Å². The lowest BCUT2D eigenvalue weighted by atomic mass is 10.0. The maximum Gasteiger partial charge on any atom is 0.453 e. The van der Waals surface area contributed by atoms with E-state index in [9.17, 15) is 31.5 Å². The zero-order valence-electron chi connectivity index (χ0n) is 9.35. The van der Waals surface area contributed by atoms with E-state index in [2.05, 4.69) is 0 Å². The van der Waals surface area contributed by atoms with E-state index in [4.69, 9.17) is 5.11 Å². The van der Waals surface area contributed by atoms with Crippen molar-refractivity contribution in [2.45, 2.75) is 44.3 Å². The van der Waals surface area contributed by atoms with Gasteiger partial charge in [-0.25, -0.2) is 0 Å². The second-order valence-corrected chi connectivity index (χ2v) is 3.74. The lowest BCUT2D eigenvalue weighted by Gasteiger charge is -2.25. The highest BCUT2D eigenvalue weighted by Gasteiger charge is 2.57. The van der Waals surface area contributed by atoms with Crippen LogP contribution in [-0.2, 0) is 9.59 Å². The Morgan fingerprint density at radius 2 is 1.72 bits per heavy atom. The van der Waals surface area contributed by atoms with Crippen molar-refractivity contribution in [3.05, 3.63) is 0 Å². The molecule has 0 aromatic rings. The number of alkyl halides is 5. The van der Waals surface area contributed by atoms with Crippen LogP contribution in [0.5, 0.6) is 0 Å². The molecule has 0 aromatic carbocycles. The van der Waals surface area contributed by atoms with Gasteiger partial charge in [0.15, 0.2) is 0 Å². The van der Waals surface area contributed by atoms with E-state index in [1.54, 1.807) is 0 Å². The Morgan fingerprint density at radius 1 is 1.22 bits per heavy atom. The SMILES string of the molecule is CC(=O)NC(CCC(=O)O)CC(F)(F)C(F)(F)F. The molecule has 0 aliphatic rings. The zero-order chi connectivity index (χ0) is 14.6. The third-order valence-corrected chi connectivity index (χ3v) is 2.03. The van der Waals surface area contributed by atoms with Crippen LogP contribution in [0.3, 0.4) is 0 Å². The number of carboxylic acid groups (broad SMARTS) is 1. The van der Waals surface area contributed by atoms with Crippen molar-refractivity contribution in [1.82, 2.24) is 5.32 Å². The minimum absolute atomic E-state index is 0.499. The van der Waals surface area contributed by atoms with E-state index >= 15 is 0 Å². The highest BCUT2D eigenvalue weighted by Crippen LogP contribution is 2.39. The Kier molecular flexibility index (Phi) is 5.50. The molecule has 0 spiro atoms. The first-order valence-electron chi connectivity index (χ1n) is 4.89. The molecule has 18 heavy (non-hydrogen) atoms. The van der Waals surface area contributed by atoms with Crippen molar-refractivity contribution in [2.75, 3.05) is 0 Å². The maximum absolute atomic E-state index is 12.7. The number of rotatable bonds is 6. The molecule has 1 atom stereocenters. The summed E-state index contributed by atoms with van der Waals surface area (Å²) in [4.78, 5) is 20.9. The summed E-state index contributed by atoms with van der Waals surface area (Å²) in [7, 11) is 0. The molecule has 0 radical (unpaired) electrons. The number of halogens is 5. The second-order valence-electron chi connectivity index (χ2n) is 3.74. The predicted molar refractivity (Wildman–Crippen MR) is 50.1 cm³/mol. The van der Waals surface area contributed by atoms with Crippen molar-refractivity contribution < 1.29 is 36.6 Å². The summed E-state index contributed by atoms with van der Waals surface area (Å²) < 4.78 is 61.3. The molecule has 4 nitrogen and oxygen atoms in total. The molecule has 0 aliphatic carbocycles. The Labute approximate surface area is 99.2 Å². The summed E-state index contributed by atoms with van der Waals surface area (Å²) in [5.41, 5.74) is 0. The van der Waals surface area contributed by atoms with Gasteiger partial charge in [0, 0.05) is 25.8 Å². The van der Waals surface area contributed by atoms with E-state index in [1.165, 1.54) is 0 Å². The molecule has 2 N–H and O–H groups in total. The number of nitrogens with one attached hydrogen (secondary N) is 1. The highest BCUT2D eigenvalue weighted by atomic mass is 19.4. The van der Waals surface area contributed by atoms with Gasteiger partial charge in [0.05, 0.1) is 0 Å². The molecule has 0 aromatic heterocycles. The van der Waals surface area contributed by atoms with E-state index in [0.29, 0.717) is 0 Å². The van der Waals surface area contributed by atoms with Crippen LogP contribution in [-0.4, -0.2) is 35.1 Å². The van der Waals surface area contributed by atoms with Crippen LogP contribution in [0.4, 0.5) is 22.0 Å². The van der Waals surface area contributed by atoms with Gasteiger partial charge in [-0.1, -0.05) is 0 Å². The normalized spacial score (nSPS) is 14.1. The summed E-state index contributed by atoms with van der Waals surface area (Å²) in [6.07, 6.45) is -8.52. The number of amides is 1. The number of hydrogen-bond donors (Lipinski definition) is 2. The summed E-state index contributed by atoms with van der Waals surface area (Å²) >= 11 is 0. The quantitative estimate of drug-likeness (QED) is 0.729. The van der Waals surface area contributed by atoms with Crippen molar-refractivity contribution in [3.8, 4) is 0 Å². The molecule has 1 amide bonds. The van der Waals surface area contributed by atoms with Crippen molar-refractivity contribution in [2.24, 2.45) is 0 Å².